The molecule has 22 heavy (non-hydrogen) atoms. The molecule has 3 heteroatoms. The Morgan fingerprint density at radius 2 is 1.73 bits per heavy atom. The fourth-order valence-electron chi connectivity index (χ4n) is 2.25. The van der Waals surface area contributed by atoms with Crippen LogP contribution in [0.3, 0.4) is 0 Å². The Hall–Kier alpha value is -0.840. The standard InChI is InChI=1S/C19H27IO2/c1-2-22-19(21)12-10-8-6-4-3-5-7-9-11-17-13-15-18(20)16-14-17/h7,9,13-16H,2-6,8,10-12H2,1H3/b9-7+. The van der Waals surface area contributed by atoms with Gasteiger partial charge in [-0.25, -0.2) is 0 Å². The molecule has 0 radical (unpaired) electrons. The molecule has 0 aliphatic carbocycles. The van der Waals surface area contributed by atoms with E-state index in [2.05, 4.69) is 59.0 Å². The van der Waals surface area contributed by atoms with Crippen LogP contribution in [0.2, 0.25) is 0 Å². The number of unbranched alkanes of at least 4 members (excludes halogenated alkanes) is 5. The van der Waals surface area contributed by atoms with Gasteiger partial charge in [0.15, 0.2) is 0 Å². The number of carbonyl (C=O) groups excluding carboxylic acids is 1. The monoisotopic (exact) mass is 414 g/mol. The maximum Gasteiger partial charge on any atom is 0.305 e. The fourth-order valence-corrected chi connectivity index (χ4v) is 2.61. The second-order valence-electron chi connectivity index (χ2n) is 5.41. The third-order valence-corrected chi connectivity index (χ3v) is 4.21. The van der Waals surface area contributed by atoms with Gasteiger partial charge >= 0.3 is 5.97 Å². The van der Waals surface area contributed by atoms with Crippen LogP contribution in [-0.2, 0) is 16.0 Å². The Balaban J connectivity index is 1.93. The minimum Gasteiger partial charge on any atom is -0.466 e. The minimum atomic E-state index is -0.0546. The summed E-state index contributed by atoms with van der Waals surface area (Å²) in [4.78, 5) is 11.2. The van der Waals surface area contributed by atoms with Gasteiger partial charge in [-0.2, -0.15) is 0 Å². The molecule has 122 valence electrons. The SMILES string of the molecule is CCOC(=O)CCCCCCC/C=C/Cc1ccc(I)cc1. The van der Waals surface area contributed by atoms with Crippen LogP contribution in [0.4, 0.5) is 0 Å². The average Bonchev–Trinajstić information content (AvgIpc) is 2.51. The zero-order valence-corrected chi connectivity index (χ0v) is 15.7. The second kappa shape index (κ2) is 12.7. The van der Waals surface area contributed by atoms with E-state index in [0.717, 1.165) is 25.7 Å². The molecule has 0 heterocycles. The van der Waals surface area contributed by atoms with Gasteiger partial charge < -0.3 is 4.74 Å². The topological polar surface area (TPSA) is 26.3 Å². The summed E-state index contributed by atoms with van der Waals surface area (Å²) >= 11 is 2.33. The van der Waals surface area contributed by atoms with Gasteiger partial charge in [-0.3, -0.25) is 4.79 Å². The van der Waals surface area contributed by atoms with Gasteiger partial charge in [0, 0.05) is 9.99 Å². The smallest absolute Gasteiger partial charge is 0.305 e. The van der Waals surface area contributed by atoms with E-state index in [1.807, 2.05) is 6.92 Å². The summed E-state index contributed by atoms with van der Waals surface area (Å²) < 4.78 is 6.19. The summed E-state index contributed by atoms with van der Waals surface area (Å²) in [5.41, 5.74) is 1.37. The van der Waals surface area contributed by atoms with Crippen molar-refractivity contribution in [1.29, 1.82) is 0 Å². The number of esters is 1. The number of ether oxygens (including phenoxy) is 1. The van der Waals surface area contributed by atoms with Gasteiger partial charge in [0.1, 0.15) is 0 Å². The summed E-state index contributed by atoms with van der Waals surface area (Å²) in [5.74, 6) is -0.0546. The summed E-state index contributed by atoms with van der Waals surface area (Å²) in [6.45, 7) is 2.34. The molecule has 1 aromatic rings. The van der Waals surface area contributed by atoms with Gasteiger partial charge in [-0.15, -0.1) is 0 Å². The van der Waals surface area contributed by atoms with Gasteiger partial charge in [0.05, 0.1) is 6.61 Å². The quantitative estimate of drug-likeness (QED) is 0.201. The maximum atomic E-state index is 11.2. The van der Waals surface area contributed by atoms with E-state index < -0.39 is 0 Å². The molecule has 0 spiro atoms. The molecule has 0 N–H and O–H groups in total. The van der Waals surface area contributed by atoms with Gasteiger partial charge in [0.25, 0.3) is 0 Å². The molecule has 0 saturated carbocycles. The number of carbonyl (C=O) groups is 1. The fraction of sp³-hybridized carbons (Fsp3) is 0.526. The first-order valence-electron chi connectivity index (χ1n) is 8.27. The van der Waals surface area contributed by atoms with Crippen molar-refractivity contribution in [2.45, 2.75) is 58.3 Å². The van der Waals surface area contributed by atoms with E-state index in [4.69, 9.17) is 4.74 Å². The predicted molar refractivity (Wildman–Crippen MR) is 101 cm³/mol. The first-order valence-corrected chi connectivity index (χ1v) is 9.35. The Kier molecular flexibility index (Phi) is 11.1. The number of allylic oxidation sites excluding steroid dienone is 2. The highest BCUT2D eigenvalue weighted by molar-refractivity contribution is 14.1. The summed E-state index contributed by atoms with van der Waals surface area (Å²) in [5, 5.41) is 0. The van der Waals surface area contributed by atoms with E-state index in [9.17, 15) is 4.79 Å². The van der Waals surface area contributed by atoms with E-state index in [1.54, 1.807) is 0 Å². The van der Waals surface area contributed by atoms with Gasteiger partial charge in [-0.05, 0) is 72.9 Å². The molecule has 0 bridgehead atoms. The van der Waals surface area contributed by atoms with E-state index in [0.29, 0.717) is 13.0 Å². The Bertz CT molecular complexity index is 437. The molecule has 2 nitrogen and oxygen atoms in total. The molecular weight excluding hydrogens is 387 g/mol. The predicted octanol–water partition coefficient (Wildman–Crippen LogP) is 5.68. The lowest BCUT2D eigenvalue weighted by atomic mass is 10.1. The van der Waals surface area contributed by atoms with Crippen molar-refractivity contribution >= 4 is 28.6 Å². The van der Waals surface area contributed by atoms with Crippen LogP contribution in [-0.4, -0.2) is 12.6 Å². The number of hydrogen-bond donors (Lipinski definition) is 0. The lowest BCUT2D eigenvalue weighted by Gasteiger charge is -2.01. The van der Waals surface area contributed by atoms with Crippen molar-refractivity contribution in [2.75, 3.05) is 6.61 Å². The molecule has 0 atom stereocenters. The Morgan fingerprint density at radius 1 is 1.05 bits per heavy atom. The van der Waals surface area contributed by atoms with Crippen molar-refractivity contribution in [2.24, 2.45) is 0 Å². The van der Waals surface area contributed by atoms with E-state index in [1.165, 1.54) is 28.4 Å². The molecule has 0 aliphatic heterocycles. The lowest BCUT2D eigenvalue weighted by Crippen LogP contribution is -2.03. The van der Waals surface area contributed by atoms with Crippen LogP contribution < -0.4 is 0 Å². The van der Waals surface area contributed by atoms with Crippen LogP contribution in [0.25, 0.3) is 0 Å². The molecule has 1 rings (SSSR count). The second-order valence-corrected chi connectivity index (χ2v) is 6.66. The van der Waals surface area contributed by atoms with Crippen LogP contribution in [0.5, 0.6) is 0 Å². The number of halogens is 1. The number of benzene rings is 1. The third-order valence-electron chi connectivity index (χ3n) is 3.49. The molecule has 0 amide bonds. The Labute approximate surface area is 148 Å². The van der Waals surface area contributed by atoms with Crippen molar-refractivity contribution in [3.63, 3.8) is 0 Å². The summed E-state index contributed by atoms with van der Waals surface area (Å²) in [6.07, 6.45) is 13.1. The lowest BCUT2D eigenvalue weighted by molar-refractivity contribution is -0.143. The normalized spacial score (nSPS) is 11.0. The molecular formula is C19H27IO2. The van der Waals surface area contributed by atoms with Crippen molar-refractivity contribution in [3.05, 3.63) is 45.6 Å². The number of hydrogen-bond acceptors (Lipinski definition) is 2. The Morgan fingerprint density at radius 3 is 2.45 bits per heavy atom. The first-order chi connectivity index (χ1) is 10.7. The summed E-state index contributed by atoms with van der Waals surface area (Å²) in [7, 11) is 0. The maximum absolute atomic E-state index is 11.2. The zero-order valence-electron chi connectivity index (χ0n) is 13.5. The van der Waals surface area contributed by atoms with Gasteiger partial charge in [0.2, 0.25) is 0 Å². The molecule has 0 fully saturated rings. The van der Waals surface area contributed by atoms with Crippen LogP contribution in [0.15, 0.2) is 36.4 Å². The molecule has 1 aromatic carbocycles. The molecule has 0 aliphatic rings. The van der Waals surface area contributed by atoms with Crippen LogP contribution >= 0.6 is 22.6 Å². The highest BCUT2D eigenvalue weighted by Gasteiger charge is 2.00. The molecule has 0 aromatic heterocycles. The van der Waals surface area contributed by atoms with E-state index in [-0.39, 0.29) is 5.97 Å². The van der Waals surface area contributed by atoms with Crippen molar-refractivity contribution in [3.8, 4) is 0 Å². The van der Waals surface area contributed by atoms with Crippen LogP contribution in [0.1, 0.15) is 57.4 Å². The minimum absolute atomic E-state index is 0.0546. The number of rotatable bonds is 11. The highest BCUT2D eigenvalue weighted by atomic mass is 127. The van der Waals surface area contributed by atoms with E-state index >= 15 is 0 Å². The molecule has 0 unspecified atom stereocenters. The van der Waals surface area contributed by atoms with Crippen molar-refractivity contribution < 1.29 is 9.53 Å². The largest absolute Gasteiger partial charge is 0.466 e. The first kappa shape index (κ1) is 19.2. The average molecular weight is 414 g/mol. The zero-order chi connectivity index (χ0) is 16.0. The highest BCUT2D eigenvalue weighted by Crippen LogP contribution is 2.10. The third kappa shape index (κ3) is 9.98. The van der Waals surface area contributed by atoms with Crippen molar-refractivity contribution in [1.82, 2.24) is 0 Å². The molecule has 0 saturated heterocycles. The van der Waals surface area contributed by atoms with Gasteiger partial charge in [-0.1, -0.05) is 43.5 Å². The summed E-state index contributed by atoms with van der Waals surface area (Å²) in [6, 6.07) is 8.69. The van der Waals surface area contributed by atoms with Crippen LogP contribution in [0, 0.1) is 3.57 Å².